The van der Waals surface area contributed by atoms with E-state index in [-0.39, 0.29) is 32.8 Å². The largest absolute Gasteiger partial charge is 0.491 e. The smallest absolute Gasteiger partial charge is 0.327 e. The molecule has 5 amide bonds. The van der Waals surface area contributed by atoms with Gasteiger partial charge in [-0.3, -0.25) is 9.69 Å². The average Bonchev–Trinajstić information content (AvgIpc) is 2.85. The zero-order chi connectivity index (χ0) is 18.8. The quantitative estimate of drug-likeness (QED) is 0.701. The second kappa shape index (κ2) is 7.38. The van der Waals surface area contributed by atoms with Crippen LogP contribution < -0.4 is 10.5 Å². The van der Waals surface area contributed by atoms with Gasteiger partial charge in [0.2, 0.25) is 0 Å². The predicted octanol–water partition coefficient (Wildman–Crippen LogP) is 0.107. The number of nitrogens with two attached hydrogens (primary N) is 1. The Labute approximate surface area is 154 Å². The fourth-order valence-electron chi connectivity index (χ4n) is 3.01. The van der Waals surface area contributed by atoms with Crippen molar-refractivity contribution in [2.45, 2.75) is 12.1 Å². The molecule has 2 saturated heterocycles. The minimum atomic E-state index is -1.05. The first-order chi connectivity index (χ1) is 12.4. The SMILES string of the molecule is NC(=O)N1CCN2C(=O)N(C[C@H](O)COc3ccc(Cl)cc3)C(=O)[C@@H]2C1. The van der Waals surface area contributed by atoms with Gasteiger partial charge in [0.1, 0.15) is 24.5 Å². The van der Waals surface area contributed by atoms with Gasteiger partial charge in [0.05, 0.1) is 13.1 Å². The minimum Gasteiger partial charge on any atom is -0.491 e. The van der Waals surface area contributed by atoms with Crippen molar-refractivity contribution >= 4 is 29.6 Å². The fraction of sp³-hybridized carbons (Fsp3) is 0.438. The number of aliphatic hydroxyl groups excluding tert-OH is 1. The maximum atomic E-state index is 12.5. The number of amides is 5. The number of primary amides is 1. The van der Waals surface area contributed by atoms with Gasteiger partial charge in [0, 0.05) is 18.1 Å². The first kappa shape index (κ1) is 18.3. The lowest BCUT2D eigenvalue weighted by Crippen LogP contribution is -2.55. The number of β-amino-alcohol motifs (C(OH)–C–C–N with tert-alkyl or cyclic N) is 1. The van der Waals surface area contributed by atoms with E-state index in [2.05, 4.69) is 0 Å². The van der Waals surface area contributed by atoms with Gasteiger partial charge in [-0.15, -0.1) is 0 Å². The second-order valence-electron chi connectivity index (χ2n) is 6.14. The van der Waals surface area contributed by atoms with Crippen LogP contribution in [0.5, 0.6) is 5.75 Å². The summed E-state index contributed by atoms with van der Waals surface area (Å²) >= 11 is 5.79. The summed E-state index contributed by atoms with van der Waals surface area (Å²) in [5.41, 5.74) is 5.24. The highest BCUT2D eigenvalue weighted by atomic mass is 35.5. The molecule has 0 saturated carbocycles. The lowest BCUT2D eigenvalue weighted by molar-refractivity contribution is -0.130. The van der Waals surface area contributed by atoms with Crippen LogP contribution in [0, 0.1) is 0 Å². The van der Waals surface area contributed by atoms with E-state index in [1.54, 1.807) is 24.3 Å². The topological polar surface area (TPSA) is 116 Å². The summed E-state index contributed by atoms with van der Waals surface area (Å²) in [6.07, 6.45) is -1.05. The number of fused-ring (bicyclic) bond motifs is 1. The van der Waals surface area contributed by atoms with E-state index >= 15 is 0 Å². The van der Waals surface area contributed by atoms with Gasteiger partial charge in [-0.05, 0) is 24.3 Å². The maximum absolute atomic E-state index is 12.5. The molecule has 0 radical (unpaired) electrons. The minimum absolute atomic E-state index is 0.0633. The molecule has 0 aromatic heterocycles. The summed E-state index contributed by atoms with van der Waals surface area (Å²) in [6.45, 7) is 0.298. The molecule has 0 unspecified atom stereocenters. The van der Waals surface area contributed by atoms with Gasteiger partial charge >= 0.3 is 12.1 Å². The molecule has 2 aliphatic rings. The highest BCUT2D eigenvalue weighted by molar-refractivity contribution is 6.30. The summed E-state index contributed by atoms with van der Waals surface area (Å²) in [5, 5.41) is 10.7. The normalized spacial score (nSPS) is 21.0. The summed E-state index contributed by atoms with van der Waals surface area (Å²) < 4.78 is 5.43. The zero-order valence-electron chi connectivity index (χ0n) is 13.9. The van der Waals surface area contributed by atoms with Crippen LogP contribution in [0.3, 0.4) is 0 Å². The molecule has 1 aromatic carbocycles. The third-order valence-electron chi connectivity index (χ3n) is 4.37. The lowest BCUT2D eigenvalue weighted by atomic mass is 10.2. The highest BCUT2D eigenvalue weighted by Crippen LogP contribution is 2.22. The maximum Gasteiger partial charge on any atom is 0.327 e. The first-order valence-electron chi connectivity index (χ1n) is 8.09. The number of hydrogen-bond acceptors (Lipinski definition) is 5. The van der Waals surface area contributed by atoms with Crippen molar-refractivity contribution < 1.29 is 24.2 Å². The molecule has 9 nitrogen and oxygen atoms in total. The lowest BCUT2D eigenvalue weighted by Gasteiger charge is -2.34. The van der Waals surface area contributed by atoms with Crippen LogP contribution in [-0.2, 0) is 4.79 Å². The van der Waals surface area contributed by atoms with Crippen LogP contribution in [0.4, 0.5) is 9.59 Å². The summed E-state index contributed by atoms with van der Waals surface area (Å²) in [5.74, 6) is 0.0635. The molecule has 2 fully saturated rings. The van der Waals surface area contributed by atoms with Crippen LogP contribution in [0.15, 0.2) is 24.3 Å². The van der Waals surface area contributed by atoms with E-state index in [9.17, 15) is 19.5 Å². The van der Waals surface area contributed by atoms with E-state index in [0.29, 0.717) is 10.8 Å². The van der Waals surface area contributed by atoms with Gasteiger partial charge in [0.25, 0.3) is 5.91 Å². The number of imide groups is 1. The van der Waals surface area contributed by atoms with Crippen LogP contribution in [-0.4, -0.2) is 82.7 Å². The number of hydrogen-bond donors (Lipinski definition) is 2. The molecule has 26 heavy (non-hydrogen) atoms. The Bertz CT molecular complexity index is 713. The summed E-state index contributed by atoms with van der Waals surface area (Å²) in [7, 11) is 0. The van der Waals surface area contributed by atoms with Gasteiger partial charge in [-0.2, -0.15) is 0 Å². The molecule has 3 N–H and O–H groups in total. The summed E-state index contributed by atoms with van der Waals surface area (Å²) in [4.78, 5) is 39.9. The number of nitrogens with zero attached hydrogens (tertiary/aromatic N) is 3. The monoisotopic (exact) mass is 382 g/mol. The Morgan fingerprint density at radius 1 is 1.31 bits per heavy atom. The number of benzene rings is 1. The van der Waals surface area contributed by atoms with Crippen molar-refractivity contribution in [1.29, 1.82) is 0 Å². The first-order valence-corrected chi connectivity index (χ1v) is 8.47. The van der Waals surface area contributed by atoms with Crippen molar-refractivity contribution in [2.75, 3.05) is 32.8 Å². The van der Waals surface area contributed by atoms with Crippen molar-refractivity contribution in [3.05, 3.63) is 29.3 Å². The fourth-order valence-corrected chi connectivity index (χ4v) is 3.13. The average molecular weight is 383 g/mol. The van der Waals surface area contributed by atoms with Crippen molar-refractivity contribution in [3.63, 3.8) is 0 Å². The number of halogens is 1. The number of piperazine rings is 1. The summed E-state index contributed by atoms with van der Waals surface area (Å²) in [6, 6.07) is 4.75. The molecular formula is C16H19ClN4O5. The van der Waals surface area contributed by atoms with Crippen LogP contribution in [0.25, 0.3) is 0 Å². The number of carbonyl (C=O) groups is 3. The van der Waals surface area contributed by atoms with Crippen LogP contribution in [0.2, 0.25) is 5.02 Å². The van der Waals surface area contributed by atoms with Crippen LogP contribution in [0.1, 0.15) is 0 Å². The molecule has 140 valence electrons. The molecule has 0 aliphatic carbocycles. The Hall–Kier alpha value is -2.52. The van der Waals surface area contributed by atoms with Crippen molar-refractivity contribution in [1.82, 2.24) is 14.7 Å². The van der Waals surface area contributed by atoms with E-state index < -0.39 is 30.1 Å². The molecular weight excluding hydrogens is 364 g/mol. The van der Waals surface area contributed by atoms with E-state index in [1.165, 1.54) is 9.80 Å². The molecule has 2 aliphatic heterocycles. The van der Waals surface area contributed by atoms with Gasteiger partial charge in [-0.1, -0.05) is 11.6 Å². The molecule has 0 spiro atoms. The van der Waals surface area contributed by atoms with E-state index in [0.717, 1.165) is 4.90 Å². The zero-order valence-corrected chi connectivity index (χ0v) is 14.6. The van der Waals surface area contributed by atoms with E-state index in [4.69, 9.17) is 22.1 Å². The van der Waals surface area contributed by atoms with Gasteiger partial charge in [-0.25, -0.2) is 9.59 Å². The number of urea groups is 2. The van der Waals surface area contributed by atoms with Gasteiger partial charge < -0.3 is 25.4 Å². The molecule has 2 atom stereocenters. The number of aliphatic hydroxyl groups is 1. The molecule has 2 heterocycles. The van der Waals surface area contributed by atoms with Crippen molar-refractivity contribution in [3.8, 4) is 5.75 Å². The number of carbonyl (C=O) groups excluding carboxylic acids is 3. The Kier molecular flexibility index (Phi) is 5.19. The molecule has 3 rings (SSSR count). The highest BCUT2D eigenvalue weighted by Gasteiger charge is 2.48. The molecule has 10 heteroatoms. The number of rotatable bonds is 5. The Morgan fingerprint density at radius 2 is 2.00 bits per heavy atom. The van der Waals surface area contributed by atoms with Crippen molar-refractivity contribution in [2.24, 2.45) is 5.73 Å². The van der Waals surface area contributed by atoms with Crippen LogP contribution >= 0.6 is 11.6 Å². The standard InChI is InChI=1S/C16H19ClN4O5/c17-10-1-3-12(4-2-10)26-9-11(22)7-21-14(23)13-8-19(15(18)24)5-6-20(13)16(21)25/h1-4,11,13,22H,5-9H2,(H2,18,24)/t11-,13-/m0/s1. The molecule has 0 bridgehead atoms. The third-order valence-corrected chi connectivity index (χ3v) is 4.62. The third kappa shape index (κ3) is 3.68. The van der Waals surface area contributed by atoms with Gasteiger partial charge in [0.15, 0.2) is 0 Å². The second-order valence-corrected chi connectivity index (χ2v) is 6.58. The Morgan fingerprint density at radius 3 is 2.65 bits per heavy atom. The Balaban J connectivity index is 1.57. The van der Waals surface area contributed by atoms with E-state index in [1.807, 2.05) is 0 Å². The molecule has 1 aromatic rings. The number of ether oxygens (including phenoxy) is 1. The predicted molar refractivity (Wildman–Crippen MR) is 91.7 cm³/mol.